The molecule has 0 saturated carbocycles. The predicted octanol–water partition coefficient (Wildman–Crippen LogP) is 1.64. The molecule has 0 spiro atoms. The first-order valence-electron chi connectivity index (χ1n) is 4.81. The fraction of sp³-hybridized carbons (Fsp3) is 0.0909. The number of halogens is 1. The van der Waals surface area contributed by atoms with Crippen molar-refractivity contribution >= 4 is 5.97 Å². The topological polar surface area (TPSA) is 89.4 Å². The van der Waals surface area contributed by atoms with E-state index in [1.807, 2.05) is 0 Å². The third-order valence-electron chi connectivity index (χ3n) is 2.19. The monoisotopic (exact) mass is 236 g/mol. The molecule has 88 valence electrons. The molecule has 2 aromatic rings. The summed E-state index contributed by atoms with van der Waals surface area (Å²) in [6, 6.07) is 5.81. The maximum Gasteiger partial charge on any atom is 0.358 e. The minimum absolute atomic E-state index is 0.0238. The van der Waals surface area contributed by atoms with E-state index in [1.54, 1.807) is 6.07 Å². The number of aromatic nitrogens is 1. The Morgan fingerprint density at radius 2 is 2.18 bits per heavy atom. The first-order chi connectivity index (χ1) is 8.13. The summed E-state index contributed by atoms with van der Waals surface area (Å²) in [6.45, 7) is -0.108. The van der Waals surface area contributed by atoms with Gasteiger partial charge in [-0.05, 0) is 12.1 Å². The summed E-state index contributed by atoms with van der Waals surface area (Å²) in [7, 11) is 0. The standard InChI is InChI=1S/C11H9FN2O3/c12-7-4-2-1-3-6(7)10-14-9(11(15)16)8(5-13)17-10/h1-4H,5,13H2,(H,15,16). The molecule has 0 amide bonds. The van der Waals surface area contributed by atoms with Gasteiger partial charge in [0.1, 0.15) is 5.82 Å². The zero-order chi connectivity index (χ0) is 12.4. The highest BCUT2D eigenvalue weighted by Crippen LogP contribution is 2.24. The summed E-state index contributed by atoms with van der Waals surface area (Å²) in [6.07, 6.45) is 0. The van der Waals surface area contributed by atoms with Crippen LogP contribution in [0.3, 0.4) is 0 Å². The van der Waals surface area contributed by atoms with Crippen molar-refractivity contribution in [1.29, 1.82) is 0 Å². The molecule has 0 aliphatic carbocycles. The molecule has 1 heterocycles. The minimum Gasteiger partial charge on any atom is -0.476 e. The van der Waals surface area contributed by atoms with Crippen molar-refractivity contribution in [3.63, 3.8) is 0 Å². The van der Waals surface area contributed by atoms with Crippen LogP contribution in [0.2, 0.25) is 0 Å². The van der Waals surface area contributed by atoms with Gasteiger partial charge in [-0.2, -0.15) is 0 Å². The number of hydrogen-bond acceptors (Lipinski definition) is 4. The van der Waals surface area contributed by atoms with Crippen LogP contribution in [-0.4, -0.2) is 16.1 Å². The van der Waals surface area contributed by atoms with Crippen molar-refractivity contribution in [3.8, 4) is 11.5 Å². The zero-order valence-corrected chi connectivity index (χ0v) is 8.68. The molecule has 0 aliphatic rings. The number of rotatable bonds is 3. The van der Waals surface area contributed by atoms with Gasteiger partial charge in [0, 0.05) is 0 Å². The van der Waals surface area contributed by atoms with Gasteiger partial charge in [0.05, 0.1) is 12.1 Å². The van der Waals surface area contributed by atoms with E-state index < -0.39 is 11.8 Å². The Hall–Kier alpha value is -2.21. The van der Waals surface area contributed by atoms with E-state index in [0.29, 0.717) is 0 Å². The Labute approximate surface area is 95.7 Å². The molecule has 6 heteroatoms. The van der Waals surface area contributed by atoms with E-state index in [9.17, 15) is 9.18 Å². The summed E-state index contributed by atoms with van der Waals surface area (Å²) in [5.74, 6) is -1.84. The predicted molar refractivity (Wildman–Crippen MR) is 56.7 cm³/mol. The molecule has 0 saturated heterocycles. The van der Waals surface area contributed by atoms with Gasteiger partial charge in [-0.1, -0.05) is 12.1 Å². The van der Waals surface area contributed by atoms with Crippen molar-refractivity contribution in [3.05, 3.63) is 41.5 Å². The van der Waals surface area contributed by atoms with Crippen molar-refractivity contribution in [2.75, 3.05) is 0 Å². The lowest BCUT2D eigenvalue weighted by molar-refractivity contribution is 0.0689. The Morgan fingerprint density at radius 3 is 2.71 bits per heavy atom. The maximum atomic E-state index is 13.4. The Kier molecular flexibility index (Phi) is 2.88. The highest BCUT2D eigenvalue weighted by Gasteiger charge is 2.20. The number of nitrogens with two attached hydrogens (primary N) is 1. The second kappa shape index (κ2) is 4.34. The van der Waals surface area contributed by atoms with Gasteiger partial charge in [0.2, 0.25) is 5.89 Å². The lowest BCUT2D eigenvalue weighted by Crippen LogP contribution is -2.04. The van der Waals surface area contributed by atoms with Crippen LogP contribution in [0.25, 0.3) is 11.5 Å². The quantitative estimate of drug-likeness (QED) is 0.845. The Bertz CT molecular complexity index is 566. The number of hydrogen-bond donors (Lipinski definition) is 2. The first kappa shape index (κ1) is 11.3. The average molecular weight is 236 g/mol. The molecule has 0 fully saturated rings. The van der Waals surface area contributed by atoms with E-state index in [4.69, 9.17) is 15.3 Å². The molecule has 0 aliphatic heterocycles. The number of aromatic carboxylic acids is 1. The lowest BCUT2D eigenvalue weighted by atomic mass is 10.2. The molecule has 0 radical (unpaired) electrons. The largest absolute Gasteiger partial charge is 0.476 e. The summed E-state index contributed by atoms with van der Waals surface area (Å²) < 4.78 is 18.6. The molecular formula is C11H9FN2O3. The SMILES string of the molecule is NCc1oc(-c2ccccc2F)nc1C(=O)O. The van der Waals surface area contributed by atoms with Crippen LogP contribution in [-0.2, 0) is 6.54 Å². The fourth-order valence-electron chi connectivity index (χ4n) is 1.41. The smallest absolute Gasteiger partial charge is 0.358 e. The summed E-state index contributed by atoms with van der Waals surface area (Å²) >= 11 is 0. The Balaban J connectivity index is 2.54. The van der Waals surface area contributed by atoms with Gasteiger partial charge >= 0.3 is 5.97 Å². The Morgan fingerprint density at radius 1 is 1.47 bits per heavy atom. The average Bonchev–Trinajstić information content (AvgIpc) is 2.73. The molecule has 2 rings (SSSR count). The van der Waals surface area contributed by atoms with Crippen molar-refractivity contribution in [1.82, 2.24) is 4.98 Å². The summed E-state index contributed by atoms with van der Waals surface area (Å²) in [5.41, 5.74) is 5.15. The molecule has 0 bridgehead atoms. The molecule has 5 nitrogen and oxygen atoms in total. The normalized spacial score (nSPS) is 10.5. The lowest BCUT2D eigenvalue weighted by Gasteiger charge is -1.96. The second-order valence-corrected chi connectivity index (χ2v) is 3.28. The van der Waals surface area contributed by atoms with E-state index in [0.717, 1.165) is 0 Å². The summed E-state index contributed by atoms with van der Waals surface area (Å²) in [4.78, 5) is 14.6. The van der Waals surface area contributed by atoms with Gasteiger partial charge in [0.15, 0.2) is 11.5 Å². The number of carboxylic acid groups (broad SMARTS) is 1. The molecule has 0 unspecified atom stereocenters. The van der Waals surface area contributed by atoms with Gasteiger partial charge in [-0.25, -0.2) is 14.2 Å². The van der Waals surface area contributed by atoms with Crippen LogP contribution >= 0.6 is 0 Å². The van der Waals surface area contributed by atoms with Crippen LogP contribution in [0, 0.1) is 5.82 Å². The van der Waals surface area contributed by atoms with Crippen LogP contribution in [0.1, 0.15) is 16.2 Å². The number of benzene rings is 1. The van der Waals surface area contributed by atoms with Gasteiger partial charge < -0.3 is 15.3 Å². The number of carbonyl (C=O) groups is 1. The fourth-order valence-corrected chi connectivity index (χ4v) is 1.41. The van der Waals surface area contributed by atoms with Crippen molar-refractivity contribution < 1.29 is 18.7 Å². The van der Waals surface area contributed by atoms with Crippen LogP contribution in [0.5, 0.6) is 0 Å². The maximum absolute atomic E-state index is 13.4. The molecule has 0 atom stereocenters. The van der Waals surface area contributed by atoms with E-state index in [-0.39, 0.29) is 29.5 Å². The third-order valence-corrected chi connectivity index (χ3v) is 2.19. The second-order valence-electron chi connectivity index (χ2n) is 3.28. The van der Waals surface area contributed by atoms with Gasteiger partial charge in [-0.3, -0.25) is 0 Å². The van der Waals surface area contributed by atoms with E-state index in [2.05, 4.69) is 4.98 Å². The molecular weight excluding hydrogens is 227 g/mol. The van der Waals surface area contributed by atoms with Crippen molar-refractivity contribution in [2.45, 2.75) is 6.54 Å². The van der Waals surface area contributed by atoms with E-state index in [1.165, 1.54) is 18.2 Å². The third kappa shape index (κ3) is 2.02. The molecule has 17 heavy (non-hydrogen) atoms. The van der Waals surface area contributed by atoms with Crippen LogP contribution in [0.4, 0.5) is 4.39 Å². The summed E-state index contributed by atoms with van der Waals surface area (Å²) in [5, 5.41) is 8.85. The van der Waals surface area contributed by atoms with Crippen LogP contribution < -0.4 is 5.73 Å². The first-order valence-corrected chi connectivity index (χ1v) is 4.81. The van der Waals surface area contributed by atoms with Crippen molar-refractivity contribution in [2.24, 2.45) is 5.73 Å². The van der Waals surface area contributed by atoms with Gasteiger partial charge in [-0.15, -0.1) is 0 Å². The minimum atomic E-state index is -1.25. The number of nitrogens with zero attached hydrogens (tertiary/aromatic N) is 1. The molecule has 1 aromatic carbocycles. The number of carboxylic acids is 1. The number of oxazole rings is 1. The molecule has 1 aromatic heterocycles. The highest BCUT2D eigenvalue weighted by atomic mass is 19.1. The van der Waals surface area contributed by atoms with Gasteiger partial charge in [0.25, 0.3) is 0 Å². The highest BCUT2D eigenvalue weighted by molar-refractivity contribution is 5.87. The van der Waals surface area contributed by atoms with E-state index >= 15 is 0 Å². The van der Waals surface area contributed by atoms with Crippen LogP contribution in [0.15, 0.2) is 28.7 Å². The molecule has 3 N–H and O–H groups in total. The zero-order valence-electron chi connectivity index (χ0n) is 8.68.